The molecule has 2 heterocycles. The lowest BCUT2D eigenvalue weighted by molar-refractivity contribution is -0.117. The van der Waals surface area contributed by atoms with E-state index >= 15 is 0 Å². The zero-order chi connectivity index (χ0) is 23.4. The van der Waals surface area contributed by atoms with Gasteiger partial charge in [-0.05, 0) is 35.9 Å². The summed E-state index contributed by atoms with van der Waals surface area (Å²) in [7, 11) is 0. The minimum absolute atomic E-state index is 0.223. The third kappa shape index (κ3) is 4.82. The van der Waals surface area contributed by atoms with Crippen molar-refractivity contribution in [2.45, 2.75) is 13.3 Å². The monoisotopic (exact) mass is 473 g/mol. The van der Waals surface area contributed by atoms with Crippen LogP contribution < -0.4 is 15.1 Å². The van der Waals surface area contributed by atoms with E-state index in [1.165, 1.54) is 31.6 Å². The Morgan fingerprint density at radius 2 is 2.09 bits per heavy atom. The van der Waals surface area contributed by atoms with Crippen LogP contribution in [0.4, 0.5) is 26.1 Å². The SMILES string of the molecule is CC(=O)N(c1cccc(F)c1F)n1cc(Nc2ncnc3cc(OCCCCl)ccc23)nn1. The quantitative estimate of drug-likeness (QED) is 0.304. The third-order valence-electron chi connectivity index (χ3n) is 4.55. The number of halogens is 3. The topological polar surface area (TPSA) is 98.1 Å². The smallest absolute Gasteiger partial charge is 0.244 e. The van der Waals surface area contributed by atoms with E-state index in [2.05, 4.69) is 25.6 Å². The fourth-order valence-electron chi connectivity index (χ4n) is 3.08. The van der Waals surface area contributed by atoms with Gasteiger partial charge < -0.3 is 10.1 Å². The van der Waals surface area contributed by atoms with Crippen molar-refractivity contribution in [2.24, 2.45) is 0 Å². The molecule has 4 aromatic rings. The molecule has 0 fully saturated rings. The summed E-state index contributed by atoms with van der Waals surface area (Å²) in [6.45, 7) is 1.69. The summed E-state index contributed by atoms with van der Waals surface area (Å²) < 4.78 is 33.6. The van der Waals surface area contributed by atoms with Crippen LogP contribution >= 0.6 is 11.6 Å². The minimum atomic E-state index is -1.18. The summed E-state index contributed by atoms with van der Waals surface area (Å²) in [5.41, 5.74) is 0.337. The predicted octanol–water partition coefficient (Wildman–Crippen LogP) is 4.07. The highest BCUT2D eigenvalue weighted by molar-refractivity contribution is 6.17. The van der Waals surface area contributed by atoms with Crippen molar-refractivity contribution in [2.75, 3.05) is 22.8 Å². The van der Waals surface area contributed by atoms with Gasteiger partial charge in [0.25, 0.3) is 0 Å². The van der Waals surface area contributed by atoms with E-state index < -0.39 is 17.5 Å². The molecule has 1 amide bonds. The molecule has 9 nitrogen and oxygen atoms in total. The first kappa shape index (κ1) is 22.3. The molecule has 0 aliphatic carbocycles. The van der Waals surface area contributed by atoms with Crippen molar-refractivity contribution in [3.05, 3.63) is 60.6 Å². The minimum Gasteiger partial charge on any atom is -0.493 e. The van der Waals surface area contributed by atoms with Crippen LogP contribution in [0, 0.1) is 11.6 Å². The summed E-state index contributed by atoms with van der Waals surface area (Å²) in [5.74, 6) is -1.04. The molecule has 0 saturated heterocycles. The molecule has 2 aromatic heterocycles. The van der Waals surface area contributed by atoms with Crippen molar-refractivity contribution in [3.8, 4) is 5.75 Å². The first-order valence-corrected chi connectivity index (χ1v) is 10.4. The van der Waals surface area contributed by atoms with E-state index in [1.807, 2.05) is 0 Å². The van der Waals surface area contributed by atoms with Gasteiger partial charge >= 0.3 is 0 Å². The van der Waals surface area contributed by atoms with Crippen LogP contribution in [0.3, 0.4) is 0 Å². The van der Waals surface area contributed by atoms with Gasteiger partial charge in [0.1, 0.15) is 23.6 Å². The number of nitrogens with one attached hydrogen (secondary N) is 1. The van der Waals surface area contributed by atoms with E-state index in [-0.39, 0.29) is 11.5 Å². The molecule has 1 N–H and O–H groups in total. The number of carbonyl (C=O) groups is 1. The lowest BCUT2D eigenvalue weighted by atomic mass is 10.2. The Morgan fingerprint density at radius 1 is 1.24 bits per heavy atom. The zero-order valence-electron chi connectivity index (χ0n) is 17.4. The maximum atomic E-state index is 14.3. The molecule has 0 radical (unpaired) electrons. The van der Waals surface area contributed by atoms with Gasteiger partial charge in [-0.25, -0.2) is 18.7 Å². The number of hydrogen-bond donors (Lipinski definition) is 1. The summed E-state index contributed by atoms with van der Waals surface area (Å²) in [6.07, 6.45) is 3.45. The molecule has 0 saturated carbocycles. The molecule has 0 spiro atoms. The number of hydrogen-bond acceptors (Lipinski definition) is 7. The highest BCUT2D eigenvalue weighted by Crippen LogP contribution is 2.27. The average molecular weight is 474 g/mol. The van der Waals surface area contributed by atoms with Crippen LogP contribution in [0.1, 0.15) is 13.3 Å². The summed E-state index contributed by atoms with van der Waals surface area (Å²) in [5, 5.41) is 12.4. The van der Waals surface area contributed by atoms with Crippen molar-refractivity contribution in [1.29, 1.82) is 0 Å². The Labute approximate surface area is 191 Å². The lowest BCUT2D eigenvalue weighted by Crippen LogP contribution is -2.35. The summed E-state index contributed by atoms with van der Waals surface area (Å²) >= 11 is 5.67. The number of rotatable bonds is 8. The Morgan fingerprint density at radius 3 is 2.88 bits per heavy atom. The Hall–Kier alpha value is -3.86. The summed E-state index contributed by atoms with van der Waals surface area (Å²) in [6, 6.07) is 8.87. The number of nitrogens with zero attached hydrogens (tertiary/aromatic N) is 6. The standard InChI is InChI=1S/C21H18ClF2N7O2/c1-13(32)31(18-5-2-4-16(23)20(18)24)30-11-19(28-29-30)27-21-15-7-6-14(33-9-3-8-22)10-17(15)25-12-26-21/h2,4-7,10-12H,3,8-9H2,1H3,(H,25,26,27). The molecule has 12 heteroatoms. The number of benzene rings is 2. The van der Waals surface area contributed by atoms with Crippen molar-refractivity contribution >= 4 is 45.7 Å². The molecular weight excluding hydrogens is 456 g/mol. The molecule has 0 aliphatic rings. The molecule has 33 heavy (non-hydrogen) atoms. The van der Waals surface area contributed by atoms with Crippen molar-refractivity contribution < 1.29 is 18.3 Å². The van der Waals surface area contributed by atoms with E-state index in [4.69, 9.17) is 16.3 Å². The third-order valence-corrected chi connectivity index (χ3v) is 4.81. The predicted molar refractivity (Wildman–Crippen MR) is 119 cm³/mol. The number of ether oxygens (including phenoxy) is 1. The van der Waals surface area contributed by atoms with Gasteiger partial charge in [0.15, 0.2) is 17.5 Å². The van der Waals surface area contributed by atoms with Crippen LogP contribution in [0.15, 0.2) is 48.9 Å². The molecule has 0 bridgehead atoms. The second-order valence-corrected chi connectivity index (χ2v) is 7.22. The molecule has 170 valence electrons. The van der Waals surface area contributed by atoms with Crippen LogP contribution in [0.25, 0.3) is 10.9 Å². The maximum absolute atomic E-state index is 14.3. The van der Waals surface area contributed by atoms with Gasteiger partial charge in [0, 0.05) is 24.3 Å². The Kier molecular flexibility index (Phi) is 6.59. The summed E-state index contributed by atoms with van der Waals surface area (Å²) in [4.78, 5) is 21.7. The van der Waals surface area contributed by atoms with E-state index in [9.17, 15) is 13.6 Å². The molecule has 0 atom stereocenters. The van der Waals surface area contributed by atoms with E-state index in [0.717, 1.165) is 22.3 Å². The highest BCUT2D eigenvalue weighted by atomic mass is 35.5. The van der Waals surface area contributed by atoms with Gasteiger partial charge in [-0.1, -0.05) is 6.07 Å². The molecule has 2 aromatic carbocycles. The number of aromatic nitrogens is 5. The molecule has 0 unspecified atom stereocenters. The van der Waals surface area contributed by atoms with Gasteiger partial charge in [0.05, 0.1) is 18.3 Å². The van der Waals surface area contributed by atoms with Crippen molar-refractivity contribution in [3.63, 3.8) is 0 Å². The van der Waals surface area contributed by atoms with Crippen molar-refractivity contribution in [1.82, 2.24) is 25.1 Å². The van der Waals surface area contributed by atoms with Gasteiger partial charge in [0.2, 0.25) is 5.91 Å². The normalized spacial score (nSPS) is 10.9. The molecule has 0 aliphatic heterocycles. The molecule has 4 rings (SSSR count). The zero-order valence-corrected chi connectivity index (χ0v) is 18.1. The first-order valence-electron chi connectivity index (χ1n) is 9.86. The largest absolute Gasteiger partial charge is 0.493 e. The molecular formula is C21H18ClF2N7O2. The second kappa shape index (κ2) is 9.74. The Bertz CT molecular complexity index is 1300. The number of anilines is 3. The van der Waals surface area contributed by atoms with Gasteiger partial charge in [-0.3, -0.25) is 4.79 Å². The van der Waals surface area contributed by atoms with Gasteiger partial charge in [-0.15, -0.1) is 21.5 Å². The average Bonchev–Trinajstić information content (AvgIpc) is 3.25. The van der Waals surface area contributed by atoms with E-state index in [1.54, 1.807) is 18.2 Å². The van der Waals surface area contributed by atoms with Crippen LogP contribution in [0.5, 0.6) is 5.75 Å². The highest BCUT2D eigenvalue weighted by Gasteiger charge is 2.22. The first-order chi connectivity index (χ1) is 16.0. The second-order valence-electron chi connectivity index (χ2n) is 6.85. The van der Waals surface area contributed by atoms with Crippen LogP contribution in [0.2, 0.25) is 0 Å². The number of alkyl halides is 1. The van der Waals surface area contributed by atoms with Crippen LogP contribution in [-0.2, 0) is 4.79 Å². The van der Waals surface area contributed by atoms with E-state index in [0.29, 0.717) is 35.0 Å². The lowest BCUT2D eigenvalue weighted by Gasteiger charge is -2.20. The van der Waals surface area contributed by atoms with Crippen LogP contribution in [-0.4, -0.2) is 43.5 Å². The number of carbonyl (C=O) groups excluding carboxylic acids is 1. The number of fused-ring (bicyclic) bond motifs is 1. The maximum Gasteiger partial charge on any atom is 0.244 e. The van der Waals surface area contributed by atoms with Gasteiger partial charge in [-0.2, -0.15) is 5.01 Å². The fourth-order valence-corrected chi connectivity index (χ4v) is 3.19. The fraction of sp³-hybridized carbons (Fsp3) is 0.190. The Balaban J connectivity index is 1.60. The number of amides is 1.